The Morgan fingerprint density at radius 2 is 1.74 bits per heavy atom. The quantitative estimate of drug-likeness (QED) is 0.654. The number of ether oxygens (including phenoxy) is 2. The lowest BCUT2D eigenvalue weighted by Gasteiger charge is -2.11. The van der Waals surface area contributed by atoms with E-state index >= 15 is 0 Å². The Bertz CT molecular complexity index is 909. The van der Waals surface area contributed by atoms with Gasteiger partial charge in [-0.25, -0.2) is 4.39 Å². The van der Waals surface area contributed by atoms with Gasteiger partial charge in [0.2, 0.25) is 0 Å². The first-order chi connectivity index (χ1) is 13.2. The van der Waals surface area contributed by atoms with Gasteiger partial charge in [0.05, 0.1) is 6.61 Å². The van der Waals surface area contributed by atoms with E-state index in [9.17, 15) is 9.18 Å². The molecule has 0 spiro atoms. The number of anilines is 1. The summed E-state index contributed by atoms with van der Waals surface area (Å²) in [7, 11) is 1.61. The Hall–Kier alpha value is -3.18. The highest BCUT2D eigenvalue weighted by Crippen LogP contribution is 2.19. The molecule has 3 rings (SSSR count). The van der Waals surface area contributed by atoms with Gasteiger partial charge in [-0.3, -0.25) is 4.79 Å². The van der Waals surface area contributed by atoms with Crippen molar-refractivity contribution in [3.8, 4) is 5.75 Å². The lowest BCUT2D eigenvalue weighted by Crippen LogP contribution is -2.13. The van der Waals surface area contributed by atoms with Crippen molar-refractivity contribution in [1.29, 1.82) is 0 Å². The molecular formula is C22H20FNO3. The molecule has 0 aromatic heterocycles. The maximum Gasteiger partial charge on any atom is 0.255 e. The molecule has 4 nitrogen and oxygen atoms in total. The number of halogens is 1. The molecule has 1 amide bonds. The average Bonchev–Trinajstić information content (AvgIpc) is 2.69. The van der Waals surface area contributed by atoms with Crippen LogP contribution in [-0.4, -0.2) is 13.0 Å². The van der Waals surface area contributed by atoms with Crippen LogP contribution in [0.3, 0.4) is 0 Å². The maximum atomic E-state index is 13.0. The minimum absolute atomic E-state index is 0.231. The van der Waals surface area contributed by atoms with Gasteiger partial charge >= 0.3 is 0 Å². The van der Waals surface area contributed by atoms with Crippen LogP contribution in [0.15, 0.2) is 72.8 Å². The van der Waals surface area contributed by atoms with E-state index in [-0.39, 0.29) is 11.7 Å². The van der Waals surface area contributed by atoms with Crippen molar-refractivity contribution in [2.75, 3.05) is 12.4 Å². The maximum absolute atomic E-state index is 13.0. The standard InChI is InChI=1S/C22H20FNO3/c1-26-15-18-5-2-3-8-21(18)24-22(25)17-6-4-7-20(13-17)27-14-16-9-11-19(23)12-10-16/h2-13H,14-15H2,1H3,(H,24,25). The first-order valence-electron chi connectivity index (χ1n) is 8.51. The Balaban J connectivity index is 1.67. The highest BCUT2D eigenvalue weighted by atomic mass is 19.1. The molecule has 1 N–H and O–H groups in total. The average molecular weight is 365 g/mol. The molecule has 0 aliphatic heterocycles. The fourth-order valence-electron chi connectivity index (χ4n) is 2.59. The predicted molar refractivity (Wildman–Crippen MR) is 102 cm³/mol. The molecule has 0 unspecified atom stereocenters. The number of nitrogens with one attached hydrogen (secondary N) is 1. The van der Waals surface area contributed by atoms with Crippen molar-refractivity contribution >= 4 is 11.6 Å². The SMILES string of the molecule is COCc1ccccc1NC(=O)c1cccc(OCc2ccc(F)cc2)c1. The molecule has 0 bridgehead atoms. The third kappa shape index (κ3) is 5.15. The summed E-state index contributed by atoms with van der Waals surface area (Å²) in [5.41, 5.74) is 2.94. The highest BCUT2D eigenvalue weighted by Gasteiger charge is 2.10. The predicted octanol–water partition coefficient (Wildman–Crippen LogP) is 4.80. The van der Waals surface area contributed by atoms with Gasteiger partial charge in [0.25, 0.3) is 5.91 Å². The van der Waals surface area contributed by atoms with E-state index in [1.54, 1.807) is 43.5 Å². The van der Waals surface area contributed by atoms with E-state index < -0.39 is 0 Å². The van der Waals surface area contributed by atoms with Crippen LogP contribution in [-0.2, 0) is 18.0 Å². The van der Waals surface area contributed by atoms with Gasteiger partial charge in [0.15, 0.2) is 0 Å². The van der Waals surface area contributed by atoms with Crippen LogP contribution in [0.5, 0.6) is 5.75 Å². The molecular weight excluding hydrogens is 345 g/mol. The van der Waals surface area contributed by atoms with E-state index in [1.807, 2.05) is 24.3 Å². The number of carbonyl (C=O) groups excluding carboxylic acids is 1. The van der Waals surface area contributed by atoms with Gasteiger partial charge in [0.1, 0.15) is 18.2 Å². The summed E-state index contributed by atoms with van der Waals surface area (Å²) in [4.78, 5) is 12.6. The number of benzene rings is 3. The minimum Gasteiger partial charge on any atom is -0.489 e. The lowest BCUT2D eigenvalue weighted by atomic mass is 10.1. The number of methoxy groups -OCH3 is 1. The minimum atomic E-state index is -0.286. The molecule has 3 aromatic carbocycles. The van der Waals surface area contributed by atoms with E-state index in [2.05, 4.69) is 5.32 Å². The van der Waals surface area contributed by atoms with Crippen molar-refractivity contribution in [2.45, 2.75) is 13.2 Å². The van der Waals surface area contributed by atoms with E-state index in [1.165, 1.54) is 12.1 Å². The number of carbonyl (C=O) groups is 1. The van der Waals surface area contributed by atoms with Crippen LogP contribution >= 0.6 is 0 Å². The zero-order chi connectivity index (χ0) is 19.1. The van der Waals surface area contributed by atoms with Gasteiger partial charge < -0.3 is 14.8 Å². The molecule has 3 aromatic rings. The number of amides is 1. The fraction of sp³-hybridized carbons (Fsp3) is 0.136. The van der Waals surface area contributed by atoms with Gasteiger partial charge in [-0.2, -0.15) is 0 Å². The number of rotatable bonds is 7. The fourth-order valence-corrected chi connectivity index (χ4v) is 2.59. The number of para-hydroxylation sites is 1. The topological polar surface area (TPSA) is 47.6 Å². The van der Waals surface area contributed by atoms with E-state index in [4.69, 9.17) is 9.47 Å². The summed E-state index contributed by atoms with van der Waals surface area (Å²) in [6.45, 7) is 0.708. The second-order valence-corrected chi connectivity index (χ2v) is 5.99. The smallest absolute Gasteiger partial charge is 0.255 e. The van der Waals surface area contributed by atoms with Gasteiger partial charge in [-0.05, 0) is 42.0 Å². The molecule has 0 atom stereocenters. The molecule has 0 heterocycles. The Morgan fingerprint density at radius 1 is 0.963 bits per heavy atom. The number of hydrogen-bond acceptors (Lipinski definition) is 3. The zero-order valence-corrected chi connectivity index (χ0v) is 14.9. The monoisotopic (exact) mass is 365 g/mol. The lowest BCUT2D eigenvalue weighted by molar-refractivity contribution is 0.102. The molecule has 5 heteroatoms. The van der Waals surface area contributed by atoms with Gasteiger partial charge in [0, 0.05) is 23.9 Å². The van der Waals surface area contributed by atoms with Crippen LogP contribution in [0, 0.1) is 5.82 Å². The van der Waals surface area contributed by atoms with E-state index in [0.717, 1.165) is 11.1 Å². The normalized spacial score (nSPS) is 10.4. The summed E-state index contributed by atoms with van der Waals surface area (Å²) in [6, 6.07) is 20.5. The second kappa shape index (κ2) is 8.96. The summed E-state index contributed by atoms with van der Waals surface area (Å²) in [5, 5.41) is 2.90. The van der Waals surface area contributed by atoms with Gasteiger partial charge in [-0.15, -0.1) is 0 Å². The van der Waals surface area contributed by atoms with Crippen molar-refractivity contribution < 1.29 is 18.7 Å². The summed E-state index contributed by atoms with van der Waals surface area (Å²) in [5.74, 6) is 0.0501. The molecule has 0 aliphatic rings. The zero-order valence-electron chi connectivity index (χ0n) is 14.9. The van der Waals surface area contributed by atoms with Crippen molar-refractivity contribution in [2.24, 2.45) is 0 Å². The highest BCUT2D eigenvalue weighted by molar-refractivity contribution is 6.04. The van der Waals surface area contributed by atoms with Crippen LogP contribution in [0.4, 0.5) is 10.1 Å². The molecule has 0 saturated heterocycles. The largest absolute Gasteiger partial charge is 0.489 e. The Kier molecular flexibility index (Phi) is 6.18. The van der Waals surface area contributed by atoms with Crippen LogP contribution < -0.4 is 10.1 Å². The van der Waals surface area contributed by atoms with Gasteiger partial charge in [-0.1, -0.05) is 36.4 Å². The second-order valence-electron chi connectivity index (χ2n) is 5.99. The first-order valence-corrected chi connectivity index (χ1v) is 8.51. The van der Waals surface area contributed by atoms with Crippen LogP contribution in [0.25, 0.3) is 0 Å². The van der Waals surface area contributed by atoms with Crippen LogP contribution in [0.1, 0.15) is 21.5 Å². The molecule has 0 saturated carbocycles. The molecule has 27 heavy (non-hydrogen) atoms. The third-order valence-electron chi connectivity index (χ3n) is 3.98. The molecule has 0 radical (unpaired) electrons. The summed E-state index contributed by atoms with van der Waals surface area (Å²) >= 11 is 0. The molecule has 138 valence electrons. The molecule has 0 aliphatic carbocycles. The summed E-state index contributed by atoms with van der Waals surface area (Å²) in [6.07, 6.45) is 0. The number of hydrogen-bond donors (Lipinski definition) is 1. The van der Waals surface area contributed by atoms with Crippen LogP contribution in [0.2, 0.25) is 0 Å². The van der Waals surface area contributed by atoms with E-state index in [0.29, 0.717) is 30.2 Å². The van der Waals surface area contributed by atoms with Crippen molar-refractivity contribution in [1.82, 2.24) is 0 Å². The summed E-state index contributed by atoms with van der Waals surface area (Å²) < 4.78 is 23.8. The molecule has 0 fully saturated rings. The Labute approximate surface area is 157 Å². The van der Waals surface area contributed by atoms with Crippen molar-refractivity contribution in [3.05, 3.63) is 95.3 Å². The van der Waals surface area contributed by atoms with Crippen molar-refractivity contribution in [3.63, 3.8) is 0 Å². The first kappa shape index (κ1) is 18.6. The Morgan fingerprint density at radius 3 is 2.52 bits per heavy atom. The third-order valence-corrected chi connectivity index (χ3v) is 3.98.